The van der Waals surface area contributed by atoms with Gasteiger partial charge in [-0.2, -0.15) is 0 Å². The summed E-state index contributed by atoms with van der Waals surface area (Å²) in [7, 11) is 0. The highest BCUT2D eigenvalue weighted by Gasteiger charge is 2.30. The van der Waals surface area contributed by atoms with Crippen LogP contribution in [0.1, 0.15) is 81.4 Å². The summed E-state index contributed by atoms with van der Waals surface area (Å²) in [5.74, 6) is -0.958. The molecule has 188 valence electrons. The normalized spacial score (nSPS) is 15.1. The summed E-state index contributed by atoms with van der Waals surface area (Å²) < 4.78 is 5.08. The van der Waals surface area contributed by atoms with E-state index in [9.17, 15) is 9.90 Å². The van der Waals surface area contributed by atoms with E-state index in [1.807, 2.05) is 12.1 Å². The van der Waals surface area contributed by atoms with Crippen molar-refractivity contribution >= 4 is 29.2 Å². The topological polar surface area (TPSA) is 91.7 Å². The van der Waals surface area contributed by atoms with Crippen LogP contribution in [-0.4, -0.2) is 40.9 Å². The second-order valence-corrected chi connectivity index (χ2v) is 9.27. The van der Waals surface area contributed by atoms with Crippen LogP contribution in [0.3, 0.4) is 0 Å². The van der Waals surface area contributed by atoms with Gasteiger partial charge in [-0.25, -0.2) is 4.98 Å². The van der Waals surface area contributed by atoms with Crippen molar-refractivity contribution in [2.45, 2.75) is 70.3 Å². The first kappa shape index (κ1) is 28.4. The Labute approximate surface area is 212 Å². The van der Waals surface area contributed by atoms with Gasteiger partial charge >= 0.3 is 5.97 Å². The summed E-state index contributed by atoms with van der Waals surface area (Å²) >= 11 is 12.1. The van der Waals surface area contributed by atoms with E-state index in [-0.39, 0.29) is 19.3 Å². The molecule has 34 heavy (non-hydrogen) atoms. The zero-order valence-electron chi connectivity index (χ0n) is 19.8. The van der Waals surface area contributed by atoms with E-state index in [0.717, 1.165) is 18.5 Å². The predicted molar refractivity (Wildman–Crippen MR) is 137 cm³/mol. The zero-order valence-corrected chi connectivity index (χ0v) is 21.3. The maximum Gasteiger partial charge on any atom is 0.314 e. The van der Waals surface area contributed by atoms with Gasteiger partial charge in [0, 0.05) is 21.8 Å². The van der Waals surface area contributed by atoms with E-state index in [4.69, 9.17) is 33.0 Å². The Bertz CT molecular complexity index is 882. The Hall–Kier alpha value is -1.86. The third kappa shape index (κ3) is 9.41. The van der Waals surface area contributed by atoms with E-state index >= 15 is 0 Å². The first-order valence-electron chi connectivity index (χ1n) is 12.1. The van der Waals surface area contributed by atoms with Gasteiger partial charge in [-0.3, -0.25) is 4.79 Å². The number of aliphatic carboxylic acids is 1. The lowest BCUT2D eigenvalue weighted by Crippen LogP contribution is -2.25. The van der Waals surface area contributed by atoms with E-state index in [2.05, 4.69) is 17.2 Å². The molecule has 0 fully saturated rings. The molecule has 0 saturated carbocycles. The molecular formula is C26H36Cl2N2O4. The lowest BCUT2D eigenvalue weighted by molar-refractivity contribution is -0.138. The van der Waals surface area contributed by atoms with Crippen LogP contribution in [0.15, 0.2) is 36.5 Å². The number of nitrogens with zero attached hydrogens (tertiary/aromatic N) is 1. The molecule has 8 heteroatoms. The first-order valence-corrected chi connectivity index (χ1v) is 12.8. The molecule has 3 N–H and O–H groups in total. The molecule has 2 heterocycles. The van der Waals surface area contributed by atoms with Gasteiger partial charge in [-0.05, 0) is 36.7 Å². The summed E-state index contributed by atoms with van der Waals surface area (Å²) in [6.45, 7) is 3.38. The largest absolute Gasteiger partial charge is 0.481 e. The number of rotatable bonds is 13. The number of carbonyl (C=O) groups is 1. The van der Waals surface area contributed by atoms with Crippen LogP contribution in [0.4, 0.5) is 0 Å². The number of carboxylic acids is 1. The first-order chi connectivity index (χ1) is 16.5. The number of aromatic nitrogens is 1. The van der Waals surface area contributed by atoms with Gasteiger partial charge in [-0.1, -0.05) is 87.2 Å². The molecule has 0 spiro atoms. The fraction of sp³-hybridized carbons (Fsp3) is 0.538. The van der Waals surface area contributed by atoms with Gasteiger partial charge in [0.15, 0.2) is 0 Å². The monoisotopic (exact) mass is 510 g/mol. The van der Waals surface area contributed by atoms with Crippen molar-refractivity contribution in [3.63, 3.8) is 0 Å². The average molecular weight is 511 g/mol. The van der Waals surface area contributed by atoms with Crippen LogP contribution >= 0.6 is 23.2 Å². The Kier molecular flexibility index (Phi) is 13.3. The second-order valence-electron chi connectivity index (χ2n) is 8.43. The van der Waals surface area contributed by atoms with Gasteiger partial charge in [0.2, 0.25) is 5.88 Å². The Morgan fingerprint density at radius 3 is 2.50 bits per heavy atom. The van der Waals surface area contributed by atoms with E-state index in [1.54, 1.807) is 24.4 Å². The van der Waals surface area contributed by atoms with Gasteiger partial charge in [-0.15, -0.1) is 0 Å². The molecule has 1 aromatic heterocycles. The molecule has 6 nitrogen and oxygen atoms in total. The van der Waals surface area contributed by atoms with Crippen molar-refractivity contribution in [2.75, 3.05) is 19.8 Å². The number of aliphatic hydroxyl groups is 1. The van der Waals surface area contributed by atoms with Crippen molar-refractivity contribution < 1.29 is 19.7 Å². The summed E-state index contributed by atoms with van der Waals surface area (Å²) in [5, 5.41) is 22.9. The number of unbranched alkanes of at least 4 members (excludes halogenated alkanes) is 7. The second kappa shape index (κ2) is 15.9. The highest BCUT2D eigenvalue weighted by Crippen LogP contribution is 2.31. The lowest BCUT2D eigenvalue weighted by Gasteiger charge is -2.18. The van der Waals surface area contributed by atoms with Crippen molar-refractivity contribution in [3.05, 3.63) is 57.7 Å². The zero-order chi connectivity index (χ0) is 24.8. The van der Waals surface area contributed by atoms with Gasteiger partial charge < -0.3 is 20.3 Å². The van der Waals surface area contributed by atoms with Crippen molar-refractivity contribution in [1.29, 1.82) is 0 Å². The van der Waals surface area contributed by atoms with Gasteiger partial charge in [0.1, 0.15) is 12.5 Å². The molecule has 0 radical (unpaired) electrons. The Morgan fingerprint density at radius 2 is 1.85 bits per heavy atom. The summed E-state index contributed by atoms with van der Waals surface area (Å²) in [4.78, 5) is 14.6. The van der Waals surface area contributed by atoms with Crippen molar-refractivity contribution in [3.8, 4) is 5.88 Å². The number of ether oxygens (including phenoxy) is 1. The highest BCUT2D eigenvalue weighted by atomic mass is 35.5. The number of fused-ring (bicyclic) bond motifs is 1. The molecule has 0 bridgehead atoms. The average Bonchev–Trinajstić information content (AvgIpc) is 3.26. The SMILES string of the molecule is CCCCCCCCCCN[C@H](CO)c1ccc(Cl)cc1Cl.O=C(O)[C@@H]1COc2ncccc21. The minimum atomic E-state index is -0.859. The number of halogens is 2. The minimum Gasteiger partial charge on any atom is -0.481 e. The molecule has 1 aliphatic rings. The number of nitrogens with one attached hydrogen (secondary N) is 1. The number of hydrogen-bond donors (Lipinski definition) is 3. The van der Waals surface area contributed by atoms with E-state index in [1.165, 1.54) is 44.9 Å². The molecule has 2 atom stereocenters. The van der Waals surface area contributed by atoms with Crippen LogP contribution in [0.25, 0.3) is 0 Å². The van der Waals surface area contributed by atoms with Crippen LogP contribution < -0.4 is 10.1 Å². The maximum absolute atomic E-state index is 10.7. The molecule has 0 aliphatic carbocycles. The third-order valence-electron chi connectivity index (χ3n) is 5.80. The molecule has 0 amide bonds. The molecule has 3 rings (SSSR count). The van der Waals surface area contributed by atoms with Gasteiger partial charge in [0.05, 0.1) is 12.6 Å². The number of aliphatic hydroxyl groups excluding tert-OH is 1. The summed E-state index contributed by atoms with van der Waals surface area (Å²) in [6.07, 6.45) is 12.0. The number of pyridine rings is 1. The third-order valence-corrected chi connectivity index (χ3v) is 6.36. The van der Waals surface area contributed by atoms with Crippen LogP contribution in [-0.2, 0) is 4.79 Å². The van der Waals surface area contributed by atoms with E-state index in [0.29, 0.717) is 21.5 Å². The molecule has 2 aromatic rings. The van der Waals surface area contributed by atoms with Crippen molar-refractivity contribution in [2.24, 2.45) is 0 Å². The number of carboxylic acid groups (broad SMARTS) is 1. The smallest absolute Gasteiger partial charge is 0.314 e. The Morgan fingerprint density at radius 1 is 1.15 bits per heavy atom. The van der Waals surface area contributed by atoms with Crippen LogP contribution in [0.5, 0.6) is 5.88 Å². The van der Waals surface area contributed by atoms with E-state index < -0.39 is 11.9 Å². The quantitative estimate of drug-likeness (QED) is 0.270. The lowest BCUT2D eigenvalue weighted by atomic mass is 10.0. The van der Waals surface area contributed by atoms with Gasteiger partial charge in [0.25, 0.3) is 0 Å². The summed E-state index contributed by atoms with van der Waals surface area (Å²) in [5.41, 5.74) is 1.58. The molecular weight excluding hydrogens is 475 g/mol. The van der Waals surface area contributed by atoms with Crippen LogP contribution in [0, 0.1) is 0 Å². The van der Waals surface area contributed by atoms with Crippen LogP contribution in [0.2, 0.25) is 10.0 Å². The maximum atomic E-state index is 10.7. The fourth-order valence-corrected chi connectivity index (χ4v) is 4.38. The predicted octanol–water partition coefficient (Wildman–Crippen LogP) is 6.40. The Balaban J connectivity index is 0.000000283. The molecule has 0 saturated heterocycles. The molecule has 1 aliphatic heterocycles. The molecule has 0 unspecified atom stereocenters. The summed E-state index contributed by atoms with van der Waals surface area (Å²) in [6, 6.07) is 8.74. The molecule has 1 aromatic carbocycles. The fourth-order valence-electron chi connectivity index (χ4n) is 3.84. The number of benzene rings is 1. The van der Waals surface area contributed by atoms with Crippen molar-refractivity contribution in [1.82, 2.24) is 10.3 Å². The standard InChI is InChI=1S/C18H29Cl2NO.C8H7NO3/c1-2-3-4-5-6-7-8-9-12-21-18(14-22)16-11-10-15(19)13-17(16)20;10-8(11)6-4-12-7-5(6)2-1-3-9-7/h10-11,13,18,21-22H,2-9,12,14H2,1H3;1-3,6H,4H2,(H,10,11)/t18-;6-/m11/s1. The highest BCUT2D eigenvalue weighted by molar-refractivity contribution is 6.35. The number of hydrogen-bond acceptors (Lipinski definition) is 5. The minimum absolute atomic E-state index is 0.0400.